The summed E-state index contributed by atoms with van der Waals surface area (Å²) in [5, 5.41) is 28.9. The highest BCUT2D eigenvalue weighted by Crippen LogP contribution is 2.46. The Morgan fingerprint density at radius 2 is 2.12 bits per heavy atom. The van der Waals surface area contributed by atoms with Crippen LogP contribution in [0.1, 0.15) is 22.7 Å². The Morgan fingerprint density at radius 1 is 1.38 bits per heavy atom. The number of fused-ring (bicyclic) bond motifs is 3. The van der Waals surface area contributed by atoms with Gasteiger partial charge in [-0.3, -0.25) is 4.79 Å². The molecular weight excluding hydrogens is 363 g/mol. The Labute approximate surface area is 151 Å². The van der Waals surface area contributed by atoms with Gasteiger partial charge in [-0.05, 0) is 19.1 Å². The van der Waals surface area contributed by atoms with E-state index in [1.165, 1.54) is 17.8 Å². The van der Waals surface area contributed by atoms with Gasteiger partial charge in [0, 0.05) is 24.4 Å². The van der Waals surface area contributed by atoms with Gasteiger partial charge in [0.2, 0.25) is 5.43 Å². The lowest BCUT2D eigenvalue weighted by atomic mass is 10.1. The van der Waals surface area contributed by atoms with Crippen molar-refractivity contribution in [2.24, 2.45) is 5.92 Å². The van der Waals surface area contributed by atoms with Crippen molar-refractivity contribution in [3.8, 4) is 0 Å². The van der Waals surface area contributed by atoms with Crippen molar-refractivity contribution in [1.29, 1.82) is 0 Å². The number of thioether (sulfide) groups is 1. The molecule has 4 rings (SSSR count). The molecule has 3 N–H and O–H groups in total. The topological polar surface area (TPSA) is 103 Å². The maximum absolute atomic E-state index is 14.7. The zero-order valence-corrected chi connectivity index (χ0v) is 14.7. The summed E-state index contributed by atoms with van der Waals surface area (Å²) in [7, 11) is 0. The lowest BCUT2D eigenvalue weighted by Gasteiger charge is -2.33. The number of benzene rings is 1. The summed E-state index contributed by atoms with van der Waals surface area (Å²) in [4.78, 5) is 25.7. The quantitative estimate of drug-likeness (QED) is 0.736. The molecular formula is C17H17FN2O5S. The van der Waals surface area contributed by atoms with E-state index in [2.05, 4.69) is 0 Å². The van der Waals surface area contributed by atoms with E-state index in [-0.39, 0.29) is 41.1 Å². The van der Waals surface area contributed by atoms with Crippen LogP contribution in [-0.4, -0.2) is 51.7 Å². The molecule has 0 aliphatic carbocycles. The first-order valence-electron chi connectivity index (χ1n) is 8.19. The van der Waals surface area contributed by atoms with E-state index >= 15 is 0 Å². The molecule has 26 heavy (non-hydrogen) atoms. The van der Waals surface area contributed by atoms with Crippen molar-refractivity contribution >= 4 is 34.3 Å². The number of aliphatic hydroxyl groups is 2. The van der Waals surface area contributed by atoms with Crippen LogP contribution in [0.3, 0.4) is 0 Å². The Hall–Kier alpha value is -2.10. The van der Waals surface area contributed by atoms with Gasteiger partial charge in [-0.25, -0.2) is 9.18 Å². The third-order valence-corrected chi connectivity index (χ3v) is 6.25. The fraction of sp³-hybridized carbons (Fsp3) is 0.412. The molecule has 9 heteroatoms. The molecule has 3 atom stereocenters. The van der Waals surface area contributed by atoms with Crippen LogP contribution in [-0.2, 0) is 0 Å². The summed E-state index contributed by atoms with van der Waals surface area (Å²) >= 11 is 1.29. The molecule has 1 aromatic heterocycles. The van der Waals surface area contributed by atoms with Gasteiger partial charge in [0.15, 0.2) is 0 Å². The van der Waals surface area contributed by atoms with Gasteiger partial charge in [-0.1, -0.05) is 11.8 Å². The number of carbonyl (C=O) groups is 1. The number of rotatable bonds is 3. The van der Waals surface area contributed by atoms with Gasteiger partial charge >= 0.3 is 5.97 Å². The van der Waals surface area contributed by atoms with Crippen LogP contribution in [0.2, 0.25) is 0 Å². The van der Waals surface area contributed by atoms with Crippen molar-refractivity contribution in [2.75, 3.05) is 24.6 Å². The minimum absolute atomic E-state index is 0.0259. The number of aromatic nitrogens is 1. The maximum Gasteiger partial charge on any atom is 0.342 e. The molecule has 0 spiro atoms. The highest BCUT2D eigenvalue weighted by Gasteiger charge is 2.35. The van der Waals surface area contributed by atoms with Crippen LogP contribution >= 0.6 is 11.8 Å². The molecule has 3 unspecified atom stereocenters. The summed E-state index contributed by atoms with van der Waals surface area (Å²) < 4.78 is 16.4. The normalized spacial score (nSPS) is 24.6. The first-order valence-corrected chi connectivity index (χ1v) is 9.07. The molecule has 1 fully saturated rings. The molecule has 0 amide bonds. The largest absolute Gasteiger partial charge is 0.477 e. The summed E-state index contributed by atoms with van der Waals surface area (Å²) in [5.41, 5.74) is -0.323. The smallest absolute Gasteiger partial charge is 0.342 e. The number of hydrogen-bond acceptors (Lipinski definition) is 6. The zero-order chi connectivity index (χ0) is 18.7. The number of anilines is 1. The molecule has 0 radical (unpaired) electrons. The SMILES string of the molecule is CC1Sc2c(C(=O)O)c(=O)c3cc(F)c(N4CC(O)C(CO)C4)cc3n21. The summed E-state index contributed by atoms with van der Waals surface area (Å²) in [6, 6.07) is 2.60. The number of aliphatic hydroxyl groups excluding tert-OH is 2. The average molecular weight is 380 g/mol. The Morgan fingerprint density at radius 3 is 2.69 bits per heavy atom. The van der Waals surface area contributed by atoms with Crippen LogP contribution in [0.5, 0.6) is 0 Å². The monoisotopic (exact) mass is 380 g/mol. The molecule has 3 heterocycles. The predicted molar refractivity (Wildman–Crippen MR) is 94.5 cm³/mol. The lowest BCUT2D eigenvalue weighted by Crippen LogP contribution is -2.29. The molecule has 7 nitrogen and oxygen atoms in total. The first kappa shape index (κ1) is 17.3. The fourth-order valence-corrected chi connectivity index (χ4v) is 4.85. The van der Waals surface area contributed by atoms with Crippen molar-refractivity contribution in [3.05, 3.63) is 33.7 Å². The molecule has 138 valence electrons. The summed E-state index contributed by atoms with van der Waals surface area (Å²) in [6.07, 6.45) is -0.760. The van der Waals surface area contributed by atoms with Gasteiger partial charge in [0.25, 0.3) is 0 Å². The van der Waals surface area contributed by atoms with Crippen LogP contribution in [0.15, 0.2) is 22.0 Å². The van der Waals surface area contributed by atoms with Gasteiger partial charge in [0.1, 0.15) is 11.4 Å². The van der Waals surface area contributed by atoms with Crippen LogP contribution in [0, 0.1) is 11.7 Å². The number of hydrogen-bond donors (Lipinski definition) is 3. The first-order chi connectivity index (χ1) is 12.3. The van der Waals surface area contributed by atoms with Gasteiger partial charge < -0.3 is 24.8 Å². The standard InChI is InChI=1S/C17H17FN2O5S/c1-7-20-11-3-12(19-4-8(6-21)13(22)5-19)10(18)2-9(11)15(23)14(17(24)25)16(20)26-7/h2-3,7-8,13,21-22H,4-6H2,1H3,(H,24,25). The number of carboxylic acid groups (broad SMARTS) is 1. The number of aromatic carboxylic acids is 1. The van der Waals surface area contributed by atoms with Crippen LogP contribution < -0.4 is 10.3 Å². The Bertz CT molecular complexity index is 992. The van der Waals surface area contributed by atoms with Crippen molar-refractivity contribution in [3.63, 3.8) is 0 Å². The number of nitrogens with zero attached hydrogens (tertiary/aromatic N) is 2. The molecule has 1 aromatic carbocycles. The Balaban J connectivity index is 1.92. The van der Waals surface area contributed by atoms with Gasteiger partial charge in [-0.15, -0.1) is 0 Å². The van der Waals surface area contributed by atoms with E-state index in [1.807, 2.05) is 6.92 Å². The highest BCUT2D eigenvalue weighted by atomic mass is 32.2. The van der Waals surface area contributed by atoms with Crippen LogP contribution in [0.4, 0.5) is 10.1 Å². The van der Waals surface area contributed by atoms with Crippen molar-refractivity contribution < 1.29 is 24.5 Å². The second kappa shape index (κ2) is 5.97. The van der Waals surface area contributed by atoms with Crippen LogP contribution in [0.25, 0.3) is 10.9 Å². The van der Waals surface area contributed by atoms with Crippen molar-refractivity contribution in [1.82, 2.24) is 4.57 Å². The number of pyridine rings is 1. The Kier molecular flexibility index (Phi) is 3.98. The maximum atomic E-state index is 14.7. The second-order valence-electron chi connectivity index (χ2n) is 6.64. The van der Waals surface area contributed by atoms with E-state index < -0.39 is 23.3 Å². The van der Waals surface area contributed by atoms with E-state index in [0.29, 0.717) is 17.1 Å². The summed E-state index contributed by atoms with van der Waals surface area (Å²) in [6.45, 7) is 2.16. The average Bonchev–Trinajstić information content (AvgIpc) is 2.95. The lowest BCUT2D eigenvalue weighted by molar-refractivity contribution is 0.0689. The third-order valence-electron chi connectivity index (χ3n) is 5.07. The minimum atomic E-state index is -1.32. The third kappa shape index (κ3) is 2.34. The molecule has 2 aliphatic heterocycles. The molecule has 2 aliphatic rings. The van der Waals surface area contributed by atoms with Crippen molar-refractivity contribution in [2.45, 2.75) is 23.4 Å². The molecule has 1 saturated heterocycles. The van der Waals surface area contributed by atoms with E-state index in [1.54, 1.807) is 9.47 Å². The van der Waals surface area contributed by atoms with E-state index in [0.717, 1.165) is 6.07 Å². The molecule has 2 aromatic rings. The second-order valence-corrected chi connectivity index (χ2v) is 7.94. The zero-order valence-electron chi connectivity index (χ0n) is 13.8. The summed E-state index contributed by atoms with van der Waals surface area (Å²) in [5.74, 6) is -2.34. The van der Waals surface area contributed by atoms with Gasteiger partial charge in [-0.2, -0.15) is 0 Å². The number of halogens is 1. The fourth-order valence-electron chi connectivity index (χ4n) is 3.70. The van der Waals surface area contributed by atoms with Gasteiger partial charge in [0.05, 0.1) is 34.3 Å². The number of β-amino-alcohol motifs (C(OH)–C–C–N with tert-alkyl or cyclic N) is 1. The number of carboxylic acids is 1. The predicted octanol–water partition coefficient (Wildman–Crippen LogP) is 1.25. The molecule has 0 bridgehead atoms. The highest BCUT2D eigenvalue weighted by molar-refractivity contribution is 8.00. The van der Waals surface area contributed by atoms with E-state index in [4.69, 9.17) is 0 Å². The minimum Gasteiger partial charge on any atom is -0.477 e. The van der Waals surface area contributed by atoms with E-state index in [9.17, 15) is 29.3 Å². The molecule has 0 saturated carbocycles.